The van der Waals surface area contributed by atoms with Gasteiger partial charge in [-0.15, -0.1) is 0 Å². The highest BCUT2D eigenvalue weighted by atomic mass is 19.1. The van der Waals surface area contributed by atoms with Crippen LogP contribution in [0.5, 0.6) is 0 Å². The molecule has 8 heteroatoms. The van der Waals surface area contributed by atoms with Crippen molar-refractivity contribution in [2.45, 2.75) is 33.3 Å². The smallest absolute Gasteiger partial charge is 0.251 e. The van der Waals surface area contributed by atoms with Gasteiger partial charge in [0.1, 0.15) is 22.9 Å². The second-order valence-corrected chi connectivity index (χ2v) is 7.03. The minimum atomic E-state index is -1.24. The molecule has 0 aliphatic carbocycles. The van der Waals surface area contributed by atoms with Crippen LogP contribution in [0.1, 0.15) is 41.3 Å². The normalized spacial score (nSPS) is 13.7. The van der Waals surface area contributed by atoms with E-state index in [4.69, 9.17) is 4.42 Å². The Morgan fingerprint density at radius 1 is 1.17 bits per heavy atom. The maximum Gasteiger partial charge on any atom is 0.251 e. The third-order valence-electron chi connectivity index (χ3n) is 4.30. The van der Waals surface area contributed by atoms with Crippen LogP contribution in [-0.2, 0) is 5.60 Å². The minimum absolute atomic E-state index is 0.101. The lowest BCUT2D eigenvalue weighted by atomic mass is 10.0. The van der Waals surface area contributed by atoms with Crippen LogP contribution in [0.25, 0.3) is 0 Å². The zero-order chi connectivity index (χ0) is 21.4. The fourth-order valence-electron chi connectivity index (χ4n) is 2.57. The standard InChI is InChI=1S/C21H29FN4O3/c1-5-23-20(26-13-21(4,28)18-9-7-15(3)29-18)25-11-10-24-19(27)16-8-6-14(2)17(22)12-16/h6-9,12,28H,5,10-11,13H2,1-4H3,(H,24,27)(H2,23,25,26). The highest BCUT2D eigenvalue weighted by Gasteiger charge is 2.26. The number of benzene rings is 1. The molecule has 1 unspecified atom stereocenters. The Bertz CT molecular complexity index is 861. The maximum atomic E-state index is 13.6. The molecular weight excluding hydrogens is 375 g/mol. The van der Waals surface area contributed by atoms with E-state index in [0.29, 0.717) is 36.9 Å². The molecule has 4 N–H and O–H groups in total. The second kappa shape index (κ2) is 10.1. The van der Waals surface area contributed by atoms with Gasteiger partial charge in [0.25, 0.3) is 5.91 Å². The van der Waals surface area contributed by atoms with Crippen molar-refractivity contribution in [2.24, 2.45) is 4.99 Å². The molecule has 1 aromatic heterocycles. The van der Waals surface area contributed by atoms with Crippen molar-refractivity contribution in [3.05, 3.63) is 58.8 Å². The zero-order valence-electron chi connectivity index (χ0n) is 17.3. The van der Waals surface area contributed by atoms with E-state index in [9.17, 15) is 14.3 Å². The zero-order valence-corrected chi connectivity index (χ0v) is 17.3. The van der Waals surface area contributed by atoms with Crippen molar-refractivity contribution < 1.29 is 18.7 Å². The number of halogens is 1. The molecule has 0 aliphatic rings. The number of rotatable bonds is 8. The van der Waals surface area contributed by atoms with E-state index in [1.54, 1.807) is 38.1 Å². The summed E-state index contributed by atoms with van der Waals surface area (Å²) in [6.07, 6.45) is 0. The molecule has 2 rings (SSSR count). The third-order valence-corrected chi connectivity index (χ3v) is 4.30. The Hall–Kier alpha value is -2.87. The van der Waals surface area contributed by atoms with E-state index < -0.39 is 11.4 Å². The van der Waals surface area contributed by atoms with Crippen LogP contribution in [0.4, 0.5) is 4.39 Å². The molecule has 0 saturated carbocycles. The average Bonchev–Trinajstić information content (AvgIpc) is 3.12. The van der Waals surface area contributed by atoms with Crippen LogP contribution >= 0.6 is 0 Å². The summed E-state index contributed by atoms with van der Waals surface area (Å²) in [5, 5.41) is 19.5. The van der Waals surface area contributed by atoms with E-state index in [2.05, 4.69) is 20.9 Å². The van der Waals surface area contributed by atoms with Crippen LogP contribution in [0, 0.1) is 19.7 Å². The maximum absolute atomic E-state index is 13.6. The van der Waals surface area contributed by atoms with Crippen molar-refractivity contribution >= 4 is 11.9 Å². The lowest BCUT2D eigenvalue weighted by Gasteiger charge is -2.19. The Morgan fingerprint density at radius 3 is 2.52 bits per heavy atom. The number of guanidine groups is 1. The van der Waals surface area contributed by atoms with Crippen LogP contribution in [0.3, 0.4) is 0 Å². The summed E-state index contributed by atoms with van der Waals surface area (Å²) in [5.41, 5.74) is -0.464. The average molecular weight is 404 g/mol. The van der Waals surface area contributed by atoms with Gasteiger partial charge in [0.15, 0.2) is 5.96 Å². The molecule has 0 spiro atoms. The van der Waals surface area contributed by atoms with Crippen LogP contribution in [0.2, 0.25) is 0 Å². The summed E-state index contributed by atoms with van der Waals surface area (Å²) >= 11 is 0. The number of aryl methyl sites for hydroxylation is 2. The number of hydrogen-bond donors (Lipinski definition) is 4. The first-order valence-corrected chi connectivity index (χ1v) is 9.58. The molecular formula is C21H29FN4O3. The largest absolute Gasteiger partial charge is 0.463 e. The van der Waals surface area contributed by atoms with E-state index in [-0.39, 0.29) is 18.0 Å². The molecule has 0 aliphatic heterocycles. The van der Waals surface area contributed by atoms with E-state index in [1.807, 2.05) is 13.8 Å². The number of carbonyl (C=O) groups is 1. The number of nitrogens with one attached hydrogen (secondary N) is 3. The number of furan rings is 1. The Balaban J connectivity index is 1.86. The van der Waals surface area contributed by atoms with Crippen molar-refractivity contribution in [3.63, 3.8) is 0 Å². The Kier molecular flexibility index (Phi) is 7.78. The van der Waals surface area contributed by atoms with Gasteiger partial charge in [-0.3, -0.25) is 4.79 Å². The summed E-state index contributed by atoms with van der Waals surface area (Å²) < 4.78 is 19.1. The van der Waals surface area contributed by atoms with Crippen molar-refractivity contribution in [3.8, 4) is 0 Å². The molecule has 1 atom stereocenters. The predicted molar refractivity (Wildman–Crippen MR) is 110 cm³/mol. The van der Waals surface area contributed by atoms with Crippen molar-refractivity contribution in [2.75, 3.05) is 26.2 Å². The number of nitrogens with zero attached hydrogens (tertiary/aromatic N) is 1. The first-order chi connectivity index (χ1) is 13.7. The van der Waals surface area contributed by atoms with Gasteiger partial charge in [-0.2, -0.15) is 0 Å². The van der Waals surface area contributed by atoms with Gasteiger partial charge in [0.05, 0.1) is 6.54 Å². The summed E-state index contributed by atoms with van der Waals surface area (Å²) in [4.78, 5) is 16.5. The molecule has 0 saturated heterocycles. The molecule has 0 bridgehead atoms. The van der Waals surface area contributed by atoms with Gasteiger partial charge in [0.2, 0.25) is 0 Å². The molecule has 1 amide bonds. The number of amides is 1. The first-order valence-electron chi connectivity index (χ1n) is 9.58. The first kappa shape index (κ1) is 22.4. The third kappa shape index (κ3) is 6.60. The van der Waals surface area contributed by atoms with Gasteiger partial charge in [0, 0.05) is 25.2 Å². The highest BCUT2D eigenvalue weighted by molar-refractivity contribution is 5.94. The van der Waals surface area contributed by atoms with Gasteiger partial charge in [-0.1, -0.05) is 6.07 Å². The van der Waals surface area contributed by atoms with E-state index in [0.717, 1.165) is 5.76 Å². The monoisotopic (exact) mass is 404 g/mol. The quantitative estimate of drug-likeness (QED) is 0.307. The fourth-order valence-corrected chi connectivity index (χ4v) is 2.57. The molecule has 0 fully saturated rings. The van der Waals surface area contributed by atoms with Crippen molar-refractivity contribution in [1.29, 1.82) is 0 Å². The lowest BCUT2D eigenvalue weighted by Crippen LogP contribution is -2.42. The molecule has 7 nitrogen and oxygen atoms in total. The Labute approximate surface area is 170 Å². The minimum Gasteiger partial charge on any atom is -0.463 e. The number of aliphatic imine (C=N–C) groups is 1. The topological polar surface area (TPSA) is 98.9 Å². The van der Waals surface area contributed by atoms with Gasteiger partial charge in [-0.05, 0) is 57.5 Å². The second-order valence-electron chi connectivity index (χ2n) is 7.03. The molecule has 29 heavy (non-hydrogen) atoms. The highest BCUT2D eigenvalue weighted by Crippen LogP contribution is 2.23. The SMILES string of the molecule is CCNC(=NCC(C)(O)c1ccc(C)o1)NCCNC(=O)c1ccc(C)c(F)c1. The number of aliphatic hydroxyl groups is 1. The summed E-state index contributed by atoms with van der Waals surface area (Å²) in [7, 11) is 0. The predicted octanol–water partition coefficient (Wildman–Crippen LogP) is 2.23. The van der Waals surface area contributed by atoms with Gasteiger partial charge < -0.3 is 25.5 Å². The van der Waals surface area contributed by atoms with Crippen molar-refractivity contribution in [1.82, 2.24) is 16.0 Å². The van der Waals surface area contributed by atoms with Gasteiger partial charge >= 0.3 is 0 Å². The lowest BCUT2D eigenvalue weighted by molar-refractivity contribution is 0.0428. The molecule has 1 heterocycles. The molecule has 1 aromatic carbocycles. The van der Waals surface area contributed by atoms with Crippen LogP contribution in [0.15, 0.2) is 39.7 Å². The van der Waals surface area contributed by atoms with E-state index >= 15 is 0 Å². The fraction of sp³-hybridized carbons (Fsp3) is 0.429. The van der Waals surface area contributed by atoms with Crippen LogP contribution < -0.4 is 16.0 Å². The molecule has 158 valence electrons. The molecule has 2 aromatic rings. The van der Waals surface area contributed by atoms with Crippen LogP contribution in [-0.4, -0.2) is 43.2 Å². The van der Waals surface area contributed by atoms with E-state index in [1.165, 1.54) is 6.07 Å². The molecule has 0 radical (unpaired) electrons. The summed E-state index contributed by atoms with van der Waals surface area (Å²) in [6.45, 7) is 8.51. The summed E-state index contributed by atoms with van der Waals surface area (Å²) in [5.74, 6) is 0.928. The Morgan fingerprint density at radius 2 is 1.90 bits per heavy atom. The number of hydrogen-bond acceptors (Lipinski definition) is 4. The summed E-state index contributed by atoms with van der Waals surface area (Å²) in [6, 6.07) is 7.91. The number of carbonyl (C=O) groups excluding carboxylic acids is 1. The van der Waals surface area contributed by atoms with Gasteiger partial charge in [-0.25, -0.2) is 9.38 Å².